The minimum Gasteiger partial charge on any atom is -0.443 e. The zero-order chi connectivity index (χ0) is 13.9. The number of aromatic nitrogens is 1. The van der Waals surface area contributed by atoms with Gasteiger partial charge < -0.3 is 19.8 Å². The third-order valence-electron chi connectivity index (χ3n) is 3.34. The summed E-state index contributed by atoms with van der Waals surface area (Å²) in [6.45, 7) is 4.34. The average Bonchev–Trinajstić information content (AvgIpc) is 2.84. The van der Waals surface area contributed by atoms with Crippen molar-refractivity contribution >= 4 is 28.7 Å². The van der Waals surface area contributed by atoms with Gasteiger partial charge in [0.15, 0.2) is 0 Å². The minimum atomic E-state index is 0.679. The van der Waals surface area contributed by atoms with Gasteiger partial charge in [0.1, 0.15) is 11.6 Å². The number of rotatable bonds is 5. The van der Waals surface area contributed by atoms with Crippen LogP contribution < -0.4 is 10.6 Å². The van der Waals surface area contributed by atoms with Crippen LogP contribution in [0.25, 0.3) is 17.2 Å². The van der Waals surface area contributed by atoms with E-state index in [1.807, 2.05) is 13.0 Å². The van der Waals surface area contributed by atoms with Crippen molar-refractivity contribution in [3.05, 3.63) is 23.5 Å². The average molecular weight is 273 g/mol. The lowest BCUT2D eigenvalue weighted by atomic mass is 10.1. The van der Waals surface area contributed by atoms with Crippen LogP contribution in [0.15, 0.2) is 16.6 Å². The number of anilines is 2. The summed E-state index contributed by atoms with van der Waals surface area (Å²) in [5.41, 5.74) is 2.88. The van der Waals surface area contributed by atoms with Crippen LogP contribution in [0, 0.1) is 6.92 Å². The van der Waals surface area contributed by atoms with Gasteiger partial charge in [-0.05, 0) is 19.4 Å². The predicted octanol–water partition coefficient (Wildman–Crippen LogP) is 3.02. The number of nitrogens with one attached hydrogen (secondary N) is 2. The molecule has 0 bridgehead atoms. The van der Waals surface area contributed by atoms with Gasteiger partial charge in [-0.1, -0.05) is 12.2 Å². The lowest BCUT2D eigenvalue weighted by Gasteiger charge is -2.17. The summed E-state index contributed by atoms with van der Waals surface area (Å²) in [4.78, 5) is 4.60. The van der Waals surface area contributed by atoms with Crippen molar-refractivity contribution in [3.8, 4) is 0 Å². The van der Waals surface area contributed by atoms with Gasteiger partial charge in [-0.25, -0.2) is 0 Å². The molecular weight excluding hydrogens is 254 g/mol. The fourth-order valence-corrected chi connectivity index (χ4v) is 2.44. The van der Waals surface area contributed by atoms with Crippen molar-refractivity contribution in [3.63, 3.8) is 0 Å². The first-order valence-electron chi connectivity index (χ1n) is 6.87. The maximum Gasteiger partial charge on any atom is 0.230 e. The first kappa shape index (κ1) is 13.0. The van der Waals surface area contributed by atoms with Crippen molar-refractivity contribution < 1.29 is 9.15 Å². The fourth-order valence-electron chi connectivity index (χ4n) is 2.44. The molecule has 1 aliphatic rings. The van der Waals surface area contributed by atoms with E-state index < -0.39 is 0 Å². The van der Waals surface area contributed by atoms with E-state index in [0.29, 0.717) is 5.71 Å². The smallest absolute Gasteiger partial charge is 0.230 e. The van der Waals surface area contributed by atoms with E-state index in [0.717, 1.165) is 54.3 Å². The maximum atomic E-state index is 5.66. The monoisotopic (exact) mass is 273 g/mol. The molecule has 0 spiro atoms. The molecule has 0 aliphatic carbocycles. The Labute approximate surface area is 118 Å². The van der Waals surface area contributed by atoms with Crippen LogP contribution in [-0.4, -0.2) is 31.8 Å². The molecule has 0 aromatic carbocycles. The van der Waals surface area contributed by atoms with Crippen LogP contribution in [0.3, 0.4) is 0 Å². The molecule has 2 aromatic heterocycles. The van der Waals surface area contributed by atoms with Crippen LogP contribution in [0.2, 0.25) is 0 Å². The Bertz CT molecular complexity index is 646. The first-order valence-corrected chi connectivity index (χ1v) is 6.87. The van der Waals surface area contributed by atoms with Gasteiger partial charge >= 0.3 is 0 Å². The topological polar surface area (TPSA) is 59.3 Å². The molecular formula is C15H19N3O2. The maximum absolute atomic E-state index is 5.66. The van der Waals surface area contributed by atoms with E-state index in [-0.39, 0.29) is 0 Å². The lowest BCUT2D eigenvalue weighted by molar-refractivity contribution is 0.198. The molecule has 1 aliphatic heterocycles. The number of nitrogens with zero attached hydrogens (tertiary/aromatic N) is 1. The Kier molecular flexibility index (Phi) is 3.60. The summed E-state index contributed by atoms with van der Waals surface area (Å²) in [5.74, 6) is 1.74. The zero-order valence-electron chi connectivity index (χ0n) is 11.8. The van der Waals surface area contributed by atoms with Crippen LogP contribution in [0.5, 0.6) is 0 Å². The SMILES string of the molecule is COCCCNc1nc2oc(C)cc2c2c1C=CCN2. The second kappa shape index (κ2) is 5.54. The van der Waals surface area contributed by atoms with E-state index >= 15 is 0 Å². The Morgan fingerprint density at radius 3 is 3.25 bits per heavy atom. The summed E-state index contributed by atoms with van der Waals surface area (Å²) in [5, 5.41) is 7.82. The number of furan rings is 1. The summed E-state index contributed by atoms with van der Waals surface area (Å²) in [6, 6.07) is 2.03. The molecule has 3 heterocycles. The van der Waals surface area contributed by atoms with Gasteiger partial charge in [-0.15, -0.1) is 0 Å². The molecule has 0 atom stereocenters. The van der Waals surface area contributed by atoms with Crippen LogP contribution in [-0.2, 0) is 4.74 Å². The molecule has 5 heteroatoms. The highest BCUT2D eigenvalue weighted by Gasteiger charge is 2.17. The molecule has 20 heavy (non-hydrogen) atoms. The molecule has 5 nitrogen and oxygen atoms in total. The molecule has 0 radical (unpaired) electrons. The molecule has 106 valence electrons. The standard InChI is InChI=1S/C15H19N3O2/c1-10-9-12-13-11(5-3-6-16-13)14(18-15(12)20-10)17-7-4-8-19-2/h3,5,9,16H,4,6-8H2,1-2H3,(H,17,18). The van der Waals surface area contributed by atoms with Gasteiger partial charge in [0, 0.05) is 32.4 Å². The largest absolute Gasteiger partial charge is 0.443 e. The van der Waals surface area contributed by atoms with Gasteiger partial charge in [0.05, 0.1) is 11.1 Å². The zero-order valence-corrected chi connectivity index (χ0v) is 11.8. The van der Waals surface area contributed by atoms with Crippen molar-refractivity contribution in [2.45, 2.75) is 13.3 Å². The molecule has 0 amide bonds. The quantitative estimate of drug-likeness (QED) is 0.820. The number of hydrogen-bond donors (Lipinski definition) is 2. The lowest BCUT2D eigenvalue weighted by Crippen LogP contribution is -2.11. The summed E-state index contributed by atoms with van der Waals surface area (Å²) >= 11 is 0. The second-order valence-corrected chi connectivity index (χ2v) is 4.88. The van der Waals surface area contributed by atoms with Crippen molar-refractivity contribution in [2.75, 3.05) is 37.4 Å². The van der Waals surface area contributed by atoms with E-state index in [4.69, 9.17) is 9.15 Å². The Morgan fingerprint density at radius 2 is 2.40 bits per heavy atom. The Morgan fingerprint density at radius 1 is 1.50 bits per heavy atom. The number of ether oxygens (including phenoxy) is 1. The van der Waals surface area contributed by atoms with E-state index in [2.05, 4.69) is 27.8 Å². The third kappa shape index (κ3) is 2.36. The molecule has 3 rings (SSSR count). The normalized spacial score (nSPS) is 13.3. The van der Waals surface area contributed by atoms with Crippen molar-refractivity contribution in [1.29, 1.82) is 0 Å². The molecule has 2 N–H and O–H groups in total. The highest BCUT2D eigenvalue weighted by atomic mass is 16.5. The van der Waals surface area contributed by atoms with E-state index in [9.17, 15) is 0 Å². The summed E-state index contributed by atoms with van der Waals surface area (Å²) < 4.78 is 10.7. The number of aryl methyl sites for hydroxylation is 1. The molecule has 0 unspecified atom stereocenters. The van der Waals surface area contributed by atoms with Gasteiger partial charge in [0.2, 0.25) is 5.71 Å². The highest BCUT2D eigenvalue weighted by Crippen LogP contribution is 2.35. The summed E-state index contributed by atoms with van der Waals surface area (Å²) in [7, 11) is 1.71. The van der Waals surface area contributed by atoms with Gasteiger partial charge in [-0.3, -0.25) is 0 Å². The Hall–Kier alpha value is -2.01. The fraction of sp³-hybridized carbons (Fsp3) is 0.400. The van der Waals surface area contributed by atoms with Gasteiger partial charge in [-0.2, -0.15) is 4.98 Å². The number of fused-ring (bicyclic) bond motifs is 3. The number of hydrogen-bond acceptors (Lipinski definition) is 5. The molecule has 2 aromatic rings. The second-order valence-electron chi connectivity index (χ2n) is 4.88. The Balaban J connectivity index is 1.96. The van der Waals surface area contributed by atoms with Crippen molar-refractivity contribution in [2.24, 2.45) is 0 Å². The third-order valence-corrected chi connectivity index (χ3v) is 3.34. The summed E-state index contributed by atoms with van der Waals surface area (Å²) in [6.07, 6.45) is 5.15. The van der Waals surface area contributed by atoms with Crippen LogP contribution >= 0.6 is 0 Å². The van der Waals surface area contributed by atoms with Crippen LogP contribution in [0.1, 0.15) is 17.7 Å². The molecule has 0 saturated carbocycles. The number of pyridine rings is 1. The minimum absolute atomic E-state index is 0.679. The first-order chi connectivity index (χ1) is 9.79. The van der Waals surface area contributed by atoms with Crippen molar-refractivity contribution in [1.82, 2.24) is 4.98 Å². The highest BCUT2D eigenvalue weighted by molar-refractivity contribution is 5.98. The molecule has 0 saturated heterocycles. The predicted molar refractivity (Wildman–Crippen MR) is 81.3 cm³/mol. The van der Waals surface area contributed by atoms with E-state index in [1.165, 1.54) is 0 Å². The number of methoxy groups -OCH3 is 1. The van der Waals surface area contributed by atoms with E-state index in [1.54, 1.807) is 7.11 Å². The molecule has 0 fully saturated rings. The van der Waals surface area contributed by atoms with Gasteiger partial charge in [0.25, 0.3) is 0 Å². The van der Waals surface area contributed by atoms with Crippen LogP contribution in [0.4, 0.5) is 11.5 Å².